The first-order valence-electron chi connectivity index (χ1n) is 11.8. The molecule has 172 valence electrons. The van der Waals surface area contributed by atoms with Crippen LogP contribution in [0.25, 0.3) is 10.9 Å². The zero-order chi connectivity index (χ0) is 22.1. The van der Waals surface area contributed by atoms with Crippen molar-refractivity contribution in [2.45, 2.75) is 76.3 Å². The maximum absolute atomic E-state index is 12.6. The molecule has 3 aliphatic heterocycles. The van der Waals surface area contributed by atoms with E-state index in [0.29, 0.717) is 12.6 Å². The number of fused-ring (bicyclic) bond motifs is 3. The van der Waals surface area contributed by atoms with Crippen molar-refractivity contribution in [3.05, 3.63) is 24.4 Å². The van der Waals surface area contributed by atoms with Gasteiger partial charge in [0.05, 0.1) is 11.7 Å². The third kappa shape index (κ3) is 4.37. The maximum Gasteiger partial charge on any atom is 0.249 e. The van der Waals surface area contributed by atoms with Crippen molar-refractivity contribution in [2.24, 2.45) is 0 Å². The van der Waals surface area contributed by atoms with Gasteiger partial charge in [0.15, 0.2) is 0 Å². The minimum Gasteiger partial charge on any atom is -0.372 e. The van der Waals surface area contributed by atoms with Crippen LogP contribution in [0.4, 0.5) is 11.6 Å². The van der Waals surface area contributed by atoms with Crippen molar-refractivity contribution in [3.8, 4) is 0 Å². The molecule has 9 nitrogen and oxygen atoms in total. The Morgan fingerprint density at radius 2 is 2.03 bits per heavy atom. The number of rotatable bonds is 7. The van der Waals surface area contributed by atoms with E-state index in [1.807, 2.05) is 25.3 Å². The van der Waals surface area contributed by atoms with E-state index in [-0.39, 0.29) is 36.8 Å². The van der Waals surface area contributed by atoms with Gasteiger partial charge < -0.3 is 20.3 Å². The summed E-state index contributed by atoms with van der Waals surface area (Å²) < 4.78 is 5.38. The second-order valence-corrected chi connectivity index (χ2v) is 9.18. The van der Waals surface area contributed by atoms with Gasteiger partial charge in [-0.3, -0.25) is 15.2 Å². The number of hydrogen-bond acceptors (Lipinski definition) is 8. The molecule has 2 bridgehead atoms. The van der Waals surface area contributed by atoms with Crippen LogP contribution in [0.5, 0.6) is 0 Å². The number of nitrogens with one attached hydrogen (secondary N) is 4. The van der Waals surface area contributed by atoms with Gasteiger partial charge >= 0.3 is 0 Å². The second-order valence-electron chi connectivity index (χ2n) is 9.18. The van der Waals surface area contributed by atoms with E-state index < -0.39 is 0 Å². The van der Waals surface area contributed by atoms with Crippen molar-refractivity contribution in [1.82, 2.24) is 25.7 Å². The maximum atomic E-state index is 12.6. The highest BCUT2D eigenvalue weighted by molar-refractivity contribution is 5.91. The monoisotopic (exact) mass is 439 g/mol. The SMILES string of the molecule is CCOCC(=O)N1[C@@H]2CC[C@H]1CC(Nc1nc(NC3CC(C)NN3)cc3ncccc13)C2. The summed E-state index contributed by atoms with van der Waals surface area (Å²) >= 11 is 0. The molecule has 0 saturated carbocycles. The van der Waals surface area contributed by atoms with Crippen molar-refractivity contribution < 1.29 is 9.53 Å². The molecule has 5 rings (SSSR count). The van der Waals surface area contributed by atoms with E-state index in [1.165, 1.54) is 0 Å². The number of anilines is 2. The van der Waals surface area contributed by atoms with E-state index in [4.69, 9.17) is 9.72 Å². The minimum atomic E-state index is 0.127. The van der Waals surface area contributed by atoms with Gasteiger partial charge in [0.25, 0.3) is 0 Å². The standard InChI is InChI=1S/C23H33N7O2/c1-3-32-13-22(31)30-16-6-7-17(30)11-15(10-16)25-23-18-5-4-8-24-19(18)12-20(27-23)26-21-9-14(2)28-29-21/h4-5,8,12,14-17,21,28-29H,3,6-7,9-11,13H2,1-2H3,(H2,25,26,27)/t14?,15?,16-,17+,21?. The Labute approximate surface area is 188 Å². The van der Waals surface area contributed by atoms with Crippen LogP contribution in [-0.4, -0.2) is 64.3 Å². The van der Waals surface area contributed by atoms with E-state index in [1.54, 1.807) is 0 Å². The molecule has 0 aromatic carbocycles. The number of aromatic nitrogens is 2. The predicted molar refractivity (Wildman–Crippen MR) is 124 cm³/mol. The van der Waals surface area contributed by atoms with Crippen LogP contribution in [0.2, 0.25) is 0 Å². The molecule has 4 N–H and O–H groups in total. The van der Waals surface area contributed by atoms with Crippen LogP contribution >= 0.6 is 0 Å². The van der Waals surface area contributed by atoms with E-state index >= 15 is 0 Å². The van der Waals surface area contributed by atoms with Crippen molar-refractivity contribution in [2.75, 3.05) is 23.8 Å². The summed E-state index contributed by atoms with van der Waals surface area (Å²) in [6.45, 7) is 4.83. The highest BCUT2D eigenvalue weighted by Crippen LogP contribution is 2.37. The largest absolute Gasteiger partial charge is 0.372 e. The first-order chi connectivity index (χ1) is 15.6. The molecule has 0 aliphatic carbocycles. The van der Waals surface area contributed by atoms with Crippen molar-refractivity contribution >= 4 is 28.4 Å². The Bertz CT molecular complexity index is 957. The number of hydrogen-bond donors (Lipinski definition) is 4. The van der Waals surface area contributed by atoms with Crippen LogP contribution in [0, 0.1) is 0 Å². The Kier molecular flexibility index (Phi) is 6.12. The normalized spacial score (nSPS) is 29.4. The van der Waals surface area contributed by atoms with Crippen LogP contribution in [0.15, 0.2) is 24.4 Å². The molecule has 9 heteroatoms. The van der Waals surface area contributed by atoms with Crippen LogP contribution in [0.1, 0.15) is 46.0 Å². The summed E-state index contributed by atoms with van der Waals surface area (Å²) in [5.74, 6) is 1.79. The van der Waals surface area contributed by atoms with Crippen molar-refractivity contribution in [3.63, 3.8) is 0 Å². The summed E-state index contributed by atoms with van der Waals surface area (Å²) in [7, 11) is 0. The molecule has 3 aliphatic rings. The fourth-order valence-corrected chi connectivity index (χ4v) is 5.41. The molecule has 1 amide bonds. The summed E-state index contributed by atoms with van der Waals surface area (Å²) in [6.07, 6.45) is 6.91. The lowest BCUT2D eigenvalue weighted by Gasteiger charge is -2.39. The molecule has 5 atom stereocenters. The number of carbonyl (C=O) groups is 1. The number of hydrazine groups is 1. The molecule has 2 aromatic rings. The third-order valence-corrected chi connectivity index (χ3v) is 6.81. The molecule has 0 radical (unpaired) electrons. The number of carbonyl (C=O) groups excluding carboxylic acids is 1. The van der Waals surface area contributed by atoms with Gasteiger partial charge in [0.1, 0.15) is 18.2 Å². The molecule has 0 spiro atoms. The fourth-order valence-electron chi connectivity index (χ4n) is 5.41. The van der Waals surface area contributed by atoms with Gasteiger partial charge in [-0.15, -0.1) is 0 Å². The number of amides is 1. The lowest BCUT2D eigenvalue weighted by molar-refractivity contribution is -0.140. The average molecular weight is 440 g/mol. The molecular weight excluding hydrogens is 406 g/mol. The Hall–Kier alpha value is -2.49. The first-order valence-corrected chi connectivity index (χ1v) is 11.8. The summed E-state index contributed by atoms with van der Waals surface area (Å²) in [5, 5.41) is 8.21. The highest BCUT2D eigenvalue weighted by Gasteiger charge is 2.43. The summed E-state index contributed by atoms with van der Waals surface area (Å²) in [4.78, 5) is 24.2. The van der Waals surface area contributed by atoms with Crippen LogP contribution in [0.3, 0.4) is 0 Å². The van der Waals surface area contributed by atoms with Gasteiger partial charge in [-0.1, -0.05) is 0 Å². The molecular formula is C23H33N7O2. The molecule has 3 unspecified atom stereocenters. The molecule has 2 aromatic heterocycles. The van der Waals surface area contributed by atoms with Gasteiger partial charge in [0.2, 0.25) is 5.91 Å². The zero-order valence-corrected chi connectivity index (χ0v) is 18.8. The van der Waals surface area contributed by atoms with Crippen LogP contribution < -0.4 is 21.5 Å². The Balaban J connectivity index is 1.32. The van der Waals surface area contributed by atoms with Gasteiger partial charge in [-0.05, 0) is 58.1 Å². The number of nitrogens with zero attached hydrogens (tertiary/aromatic N) is 3. The third-order valence-electron chi connectivity index (χ3n) is 6.81. The summed E-state index contributed by atoms with van der Waals surface area (Å²) in [5.41, 5.74) is 7.42. The summed E-state index contributed by atoms with van der Waals surface area (Å²) in [6, 6.07) is 7.26. The van der Waals surface area contributed by atoms with Crippen molar-refractivity contribution in [1.29, 1.82) is 0 Å². The smallest absolute Gasteiger partial charge is 0.249 e. The lowest BCUT2D eigenvalue weighted by atomic mass is 9.97. The Morgan fingerprint density at radius 3 is 2.75 bits per heavy atom. The molecule has 3 fully saturated rings. The van der Waals surface area contributed by atoms with E-state index in [9.17, 15) is 4.79 Å². The highest BCUT2D eigenvalue weighted by atomic mass is 16.5. The van der Waals surface area contributed by atoms with E-state index in [0.717, 1.165) is 54.6 Å². The molecule has 5 heterocycles. The fraction of sp³-hybridized carbons (Fsp3) is 0.609. The first kappa shape index (κ1) is 21.4. The number of pyridine rings is 2. The molecule has 3 saturated heterocycles. The second kappa shape index (κ2) is 9.17. The lowest BCUT2D eigenvalue weighted by Crippen LogP contribution is -2.50. The van der Waals surface area contributed by atoms with E-state index in [2.05, 4.69) is 44.4 Å². The quantitative estimate of drug-likeness (QED) is 0.521. The number of piperidine rings is 1. The zero-order valence-electron chi connectivity index (χ0n) is 18.8. The minimum absolute atomic E-state index is 0.127. The predicted octanol–water partition coefficient (Wildman–Crippen LogP) is 2.22. The average Bonchev–Trinajstić information content (AvgIpc) is 3.31. The van der Waals surface area contributed by atoms with Gasteiger partial charge in [-0.2, -0.15) is 0 Å². The van der Waals surface area contributed by atoms with Gasteiger partial charge in [-0.25, -0.2) is 10.4 Å². The Morgan fingerprint density at radius 1 is 1.22 bits per heavy atom. The van der Waals surface area contributed by atoms with Crippen LogP contribution in [-0.2, 0) is 9.53 Å². The topological polar surface area (TPSA) is 103 Å². The van der Waals surface area contributed by atoms with Gasteiger partial charge in [0, 0.05) is 48.4 Å². The molecule has 32 heavy (non-hydrogen) atoms. The number of ether oxygens (including phenoxy) is 1.